The lowest BCUT2D eigenvalue weighted by atomic mass is 10.1. The molecule has 74 valence electrons. The molecule has 2 heterocycles. The van der Waals surface area contributed by atoms with Crippen LogP contribution in [0.2, 0.25) is 0 Å². The predicted molar refractivity (Wildman–Crippen MR) is 56.4 cm³/mol. The van der Waals surface area contributed by atoms with Gasteiger partial charge in [-0.25, -0.2) is 9.50 Å². The highest BCUT2D eigenvalue weighted by atomic mass is 15.3. The number of rotatable bonds is 2. The number of aryl methyl sites for hydroxylation is 1. The van der Waals surface area contributed by atoms with Crippen molar-refractivity contribution in [3.63, 3.8) is 0 Å². The first-order valence-corrected chi connectivity index (χ1v) is 5.03. The summed E-state index contributed by atoms with van der Waals surface area (Å²) in [4.78, 5) is 4.24. The summed E-state index contributed by atoms with van der Waals surface area (Å²) in [5, 5.41) is 4.56. The van der Waals surface area contributed by atoms with E-state index in [1.807, 2.05) is 23.7 Å². The van der Waals surface area contributed by atoms with E-state index in [0.29, 0.717) is 5.92 Å². The molecule has 0 N–H and O–H groups in total. The Balaban J connectivity index is 2.54. The number of hydrogen-bond donors (Lipinski definition) is 0. The van der Waals surface area contributed by atoms with Gasteiger partial charge in [-0.1, -0.05) is 13.8 Å². The molecule has 3 heteroatoms. The Bertz CT molecular complexity index is 445. The minimum Gasteiger partial charge on any atom is -0.235 e. The zero-order valence-corrected chi connectivity index (χ0v) is 8.86. The summed E-state index contributed by atoms with van der Waals surface area (Å²) >= 11 is 0. The Morgan fingerprint density at radius 2 is 2.21 bits per heavy atom. The molecule has 14 heavy (non-hydrogen) atoms. The fraction of sp³-hybridized carbons (Fsp3) is 0.455. The van der Waals surface area contributed by atoms with E-state index < -0.39 is 0 Å². The molecule has 2 aromatic rings. The molecule has 0 bridgehead atoms. The van der Waals surface area contributed by atoms with Crippen molar-refractivity contribution < 1.29 is 0 Å². The van der Waals surface area contributed by atoms with E-state index >= 15 is 0 Å². The van der Waals surface area contributed by atoms with E-state index in [0.717, 1.165) is 23.5 Å². The first-order valence-electron chi connectivity index (χ1n) is 5.03. The summed E-state index contributed by atoms with van der Waals surface area (Å²) in [5.41, 5.74) is 3.15. The first kappa shape index (κ1) is 9.19. The molecule has 2 aromatic heterocycles. The monoisotopic (exact) mass is 189 g/mol. The molecular formula is C11H15N3. The van der Waals surface area contributed by atoms with Gasteiger partial charge < -0.3 is 0 Å². The van der Waals surface area contributed by atoms with E-state index in [1.165, 1.54) is 0 Å². The van der Waals surface area contributed by atoms with Crippen LogP contribution in [0.3, 0.4) is 0 Å². The average molecular weight is 189 g/mol. The van der Waals surface area contributed by atoms with Crippen LogP contribution in [0.4, 0.5) is 0 Å². The minimum absolute atomic E-state index is 0.515. The number of fused-ring (bicyclic) bond motifs is 1. The quantitative estimate of drug-likeness (QED) is 0.726. The van der Waals surface area contributed by atoms with Crippen molar-refractivity contribution in [1.82, 2.24) is 14.6 Å². The van der Waals surface area contributed by atoms with Gasteiger partial charge in [0.25, 0.3) is 0 Å². The van der Waals surface area contributed by atoms with Gasteiger partial charge in [-0.05, 0) is 31.4 Å². The molecule has 0 aliphatic heterocycles. The molecule has 0 saturated heterocycles. The SMILES string of the molecule is CCC(C)c1ccc2ncc(C)n2n1. The molecule has 0 aliphatic carbocycles. The molecule has 0 fully saturated rings. The van der Waals surface area contributed by atoms with E-state index in [4.69, 9.17) is 0 Å². The van der Waals surface area contributed by atoms with Gasteiger partial charge in [-0.3, -0.25) is 0 Å². The van der Waals surface area contributed by atoms with Gasteiger partial charge in [0.15, 0.2) is 5.65 Å². The van der Waals surface area contributed by atoms with Crippen molar-refractivity contribution in [2.45, 2.75) is 33.1 Å². The van der Waals surface area contributed by atoms with E-state index in [1.54, 1.807) is 0 Å². The van der Waals surface area contributed by atoms with Crippen LogP contribution in [0.25, 0.3) is 5.65 Å². The maximum Gasteiger partial charge on any atom is 0.153 e. The van der Waals surface area contributed by atoms with Gasteiger partial charge in [0.1, 0.15) is 0 Å². The largest absolute Gasteiger partial charge is 0.235 e. The molecule has 1 unspecified atom stereocenters. The molecular weight excluding hydrogens is 174 g/mol. The van der Waals surface area contributed by atoms with E-state index in [2.05, 4.69) is 30.0 Å². The Labute approximate surface area is 83.8 Å². The second-order valence-electron chi connectivity index (χ2n) is 3.74. The van der Waals surface area contributed by atoms with Crippen molar-refractivity contribution in [3.8, 4) is 0 Å². The lowest BCUT2D eigenvalue weighted by molar-refractivity contribution is 0.678. The van der Waals surface area contributed by atoms with E-state index in [9.17, 15) is 0 Å². The van der Waals surface area contributed by atoms with Crippen molar-refractivity contribution in [2.75, 3.05) is 0 Å². The Kier molecular flexibility index (Phi) is 2.23. The number of nitrogens with zero attached hydrogens (tertiary/aromatic N) is 3. The third-order valence-electron chi connectivity index (χ3n) is 2.67. The molecule has 0 aromatic carbocycles. The Morgan fingerprint density at radius 3 is 2.93 bits per heavy atom. The number of imidazole rings is 1. The standard InChI is InChI=1S/C11H15N3/c1-4-8(2)10-5-6-11-12-7-9(3)14(11)13-10/h5-8H,4H2,1-3H3. The Morgan fingerprint density at radius 1 is 1.43 bits per heavy atom. The number of hydrogen-bond acceptors (Lipinski definition) is 2. The molecule has 0 saturated carbocycles. The van der Waals surface area contributed by atoms with Gasteiger partial charge in [-0.15, -0.1) is 0 Å². The topological polar surface area (TPSA) is 30.2 Å². The van der Waals surface area contributed by atoms with Gasteiger partial charge in [-0.2, -0.15) is 5.10 Å². The summed E-state index contributed by atoms with van der Waals surface area (Å²) in [5.74, 6) is 0.515. The maximum atomic E-state index is 4.56. The summed E-state index contributed by atoms with van der Waals surface area (Å²) < 4.78 is 1.90. The van der Waals surface area contributed by atoms with Crippen molar-refractivity contribution in [2.24, 2.45) is 0 Å². The van der Waals surface area contributed by atoms with Crippen LogP contribution < -0.4 is 0 Å². The van der Waals surface area contributed by atoms with Gasteiger partial charge >= 0.3 is 0 Å². The zero-order valence-electron chi connectivity index (χ0n) is 8.86. The van der Waals surface area contributed by atoms with Gasteiger partial charge in [0.05, 0.1) is 17.6 Å². The third-order valence-corrected chi connectivity index (χ3v) is 2.67. The number of aromatic nitrogens is 3. The molecule has 0 aliphatic rings. The normalized spacial score (nSPS) is 13.4. The van der Waals surface area contributed by atoms with Crippen LogP contribution in [0, 0.1) is 6.92 Å². The van der Waals surface area contributed by atoms with Crippen LogP contribution in [-0.4, -0.2) is 14.6 Å². The van der Waals surface area contributed by atoms with Crippen molar-refractivity contribution in [3.05, 3.63) is 29.7 Å². The smallest absolute Gasteiger partial charge is 0.153 e. The van der Waals surface area contributed by atoms with Crippen molar-refractivity contribution in [1.29, 1.82) is 0 Å². The fourth-order valence-electron chi connectivity index (χ4n) is 1.47. The average Bonchev–Trinajstić information content (AvgIpc) is 2.59. The lowest BCUT2D eigenvalue weighted by Gasteiger charge is -2.07. The van der Waals surface area contributed by atoms with Crippen LogP contribution >= 0.6 is 0 Å². The first-order chi connectivity index (χ1) is 6.72. The minimum atomic E-state index is 0.515. The fourth-order valence-corrected chi connectivity index (χ4v) is 1.47. The van der Waals surface area contributed by atoms with Crippen molar-refractivity contribution >= 4 is 5.65 Å². The van der Waals surface area contributed by atoms with Crippen LogP contribution in [-0.2, 0) is 0 Å². The Hall–Kier alpha value is -1.38. The second-order valence-corrected chi connectivity index (χ2v) is 3.74. The summed E-state index contributed by atoms with van der Waals surface area (Å²) in [6, 6.07) is 4.09. The summed E-state index contributed by atoms with van der Waals surface area (Å²) in [6.45, 7) is 6.39. The second kappa shape index (κ2) is 3.40. The highest BCUT2D eigenvalue weighted by Gasteiger charge is 2.06. The zero-order chi connectivity index (χ0) is 10.1. The van der Waals surface area contributed by atoms with Crippen LogP contribution in [0.15, 0.2) is 18.3 Å². The van der Waals surface area contributed by atoms with Crippen LogP contribution in [0.1, 0.15) is 37.6 Å². The highest BCUT2D eigenvalue weighted by Crippen LogP contribution is 2.16. The highest BCUT2D eigenvalue weighted by molar-refractivity contribution is 5.38. The lowest BCUT2D eigenvalue weighted by Crippen LogP contribution is -2.02. The van der Waals surface area contributed by atoms with Crippen LogP contribution in [0.5, 0.6) is 0 Å². The molecule has 0 amide bonds. The van der Waals surface area contributed by atoms with E-state index in [-0.39, 0.29) is 0 Å². The molecule has 2 rings (SSSR count). The van der Waals surface area contributed by atoms with Gasteiger partial charge in [0.2, 0.25) is 0 Å². The molecule has 0 spiro atoms. The molecule has 3 nitrogen and oxygen atoms in total. The third kappa shape index (κ3) is 1.39. The molecule has 0 radical (unpaired) electrons. The summed E-state index contributed by atoms with van der Waals surface area (Å²) in [6.07, 6.45) is 2.97. The maximum absolute atomic E-state index is 4.56. The predicted octanol–water partition coefficient (Wildman–Crippen LogP) is 2.55. The van der Waals surface area contributed by atoms with Gasteiger partial charge in [0, 0.05) is 0 Å². The summed E-state index contributed by atoms with van der Waals surface area (Å²) in [7, 11) is 0. The molecule has 1 atom stereocenters.